The van der Waals surface area contributed by atoms with Gasteiger partial charge in [0.05, 0.1) is 37.4 Å². The second kappa shape index (κ2) is 9.26. The van der Waals surface area contributed by atoms with E-state index in [2.05, 4.69) is 0 Å². The number of para-hydroxylation sites is 1. The lowest BCUT2D eigenvalue weighted by Gasteiger charge is -2.17. The molecule has 1 saturated carbocycles. The van der Waals surface area contributed by atoms with Crippen LogP contribution in [0.2, 0.25) is 0 Å². The van der Waals surface area contributed by atoms with E-state index in [0.29, 0.717) is 34.5 Å². The maximum absolute atomic E-state index is 13.9. The Balaban J connectivity index is 1.88. The molecule has 4 aromatic rings. The van der Waals surface area contributed by atoms with Crippen molar-refractivity contribution in [1.29, 1.82) is 0 Å². The van der Waals surface area contributed by atoms with Crippen molar-refractivity contribution in [3.05, 3.63) is 97.8 Å². The predicted molar refractivity (Wildman–Crippen MR) is 132 cm³/mol. The number of benzene rings is 2. The molecule has 0 unspecified atom stereocenters. The van der Waals surface area contributed by atoms with Crippen molar-refractivity contribution in [2.75, 3.05) is 14.2 Å². The molecule has 9 nitrogen and oxygen atoms in total. The Bertz CT molecular complexity index is 1620. The Kier molecular flexibility index (Phi) is 5.97. The zero-order valence-corrected chi connectivity index (χ0v) is 19.8. The number of nitrogens with zero attached hydrogens (tertiary/aromatic N) is 3. The third-order valence-electron chi connectivity index (χ3n) is 6.30. The largest absolute Gasteiger partial charge is 0.496 e. The molecule has 1 aliphatic rings. The standard InChI is InChI=1S/C27H23N3O6/c1-35-22-11-8-16(15-31)12-18(22)14-29-25(32)23-20(26(33)36-2)13-21(17-9-10-17)28-24(23)30(27(29)34)19-6-4-3-5-7-19/h3-8,11-13,15,17H,9-10,14H2,1-2H3. The lowest BCUT2D eigenvalue weighted by molar-refractivity contribution is 0.0602. The highest BCUT2D eigenvalue weighted by molar-refractivity contribution is 6.02. The van der Waals surface area contributed by atoms with Crippen LogP contribution >= 0.6 is 0 Å². The van der Waals surface area contributed by atoms with Gasteiger partial charge in [0.1, 0.15) is 12.0 Å². The normalized spacial score (nSPS) is 12.9. The average Bonchev–Trinajstić information content (AvgIpc) is 3.76. The topological polar surface area (TPSA) is 109 Å². The molecule has 2 aromatic heterocycles. The molecule has 0 aliphatic heterocycles. The van der Waals surface area contributed by atoms with Crippen LogP contribution in [0, 0.1) is 0 Å². The lowest BCUT2D eigenvalue weighted by atomic mass is 10.1. The molecule has 2 aromatic carbocycles. The zero-order valence-electron chi connectivity index (χ0n) is 19.8. The number of methoxy groups -OCH3 is 2. The molecule has 0 N–H and O–H groups in total. The van der Waals surface area contributed by atoms with Crippen LogP contribution in [0.4, 0.5) is 0 Å². The maximum Gasteiger partial charge on any atom is 0.338 e. The van der Waals surface area contributed by atoms with Crippen molar-refractivity contribution >= 4 is 23.3 Å². The number of fused-ring (bicyclic) bond motifs is 1. The number of carbonyl (C=O) groups excluding carboxylic acids is 2. The quantitative estimate of drug-likeness (QED) is 0.292. The van der Waals surface area contributed by atoms with Crippen molar-refractivity contribution in [2.45, 2.75) is 25.3 Å². The van der Waals surface area contributed by atoms with E-state index < -0.39 is 17.2 Å². The van der Waals surface area contributed by atoms with Crippen LogP contribution in [0.3, 0.4) is 0 Å². The van der Waals surface area contributed by atoms with Crippen molar-refractivity contribution in [2.24, 2.45) is 0 Å². The summed E-state index contributed by atoms with van der Waals surface area (Å²) in [5, 5.41) is -0.0137. The van der Waals surface area contributed by atoms with E-state index in [9.17, 15) is 19.2 Å². The van der Waals surface area contributed by atoms with Gasteiger partial charge in [-0.3, -0.25) is 14.2 Å². The first-order valence-corrected chi connectivity index (χ1v) is 11.4. The van der Waals surface area contributed by atoms with E-state index in [4.69, 9.17) is 14.5 Å². The first-order valence-electron chi connectivity index (χ1n) is 11.4. The summed E-state index contributed by atoms with van der Waals surface area (Å²) < 4.78 is 12.8. The van der Waals surface area contributed by atoms with Gasteiger partial charge < -0.3 is 9.47 Å². The minimum atomic E-state index is -0.688. The van der Waals surface area contributed by atoms with Gasteiger partial charge in [0.15, 0.2) is 5.65 Å². The van der Waals surface area contributed by atoms with Gasteiger partial charge in [-0.1, -0.05) is 18.2 Å². The van der Waals surface area contributed by atoms with Gasteiger partial charge in [0, 0.05) is 22.7 Å². The van der Waals surface area contributed by atoms with E-state index in [0.717, 1.165) is 17.4 Å². The number of esters is 1. The number of rotatable bonds is 7. The van der Waals surface area contributed by atoms with Gasteiger partial charge >= 0.3 is 11.7 Å². The van der Waals surface area contributed by atoms with E-state index in [1.54, 1.807) is 48.5 Å². The van der Waals surface area contributed by atoms with Crippen LogP contribution < -0.4 is 16.0 Å². The van der Waals surface area contributed by atoms with E-state index >= 15 is 0 Å². The van der Waals surface area contributed by atoms with Crippen LogP contribution in [-0.2, 0) is 11.3 Å². The molecule has 2 heterocycles. The van der Waals surface area contributed by atoms with Gasteiger partial charge in [-0.15, -0.1) is 0 Å². The van der Waals surface area contributed by atoms with E-state index in [1.807, 2.05) is 6.07 Å². The van der Waals surface area contributed by atoms with Gasteiger partial charge in [0.25, 0.3) is 5.56 Å². The van der Waals surface area contributed by atoms with Crippen LogP contribution in [0.25, 0.3) is 16.7 Å². The zero-order chi connectivity index (χ0) is 25.4. The second-order valence-corrected chi connectivity index (χ2v) is 8.59. The number of pyridine rings is 1. The summed E-state index contributed by atoms with van der Waals surface area (Å²) in [6.45, 7) is -0.184. The minimum Gasteiger partial charge on any atom is -0.496 e. The van der Waals surface area contributed by atoms with Crippen molar-refractivity contribution in [3.63, 3.8) is 0 Å². The Morgan fingerprint density at radius 1 is 1.08 bits per heavy atom. The van der Waals surface area contributed by atoms with Crippen LogP contribution in [0.1, 0.15) is 50.7 Å². The third kappa shape index (κ3) is 3.98. The molecule has 0 spiro atoms. The summed E-state index contributed by atoms with van der Waals surface area (Å²) in [6.07, 6.45) is 2.50. The average molecular weight is 485 g/mol. The predicted octanol–water partition coefficient (Wildman–Crippen LogP) is 3.08. The highest BCUT2D eigenvalue weighted by Gasteiger charge is 2.30. The highest BCUT2D eigenvalue weighted by atomic mass is 16.5. The summed E-state index contributed by atoms with van der Waals surface area (Å²) in [7, 11) is 2.70. The molecular weight excluding hydrogens is 462 g/mol. The van der Waals surface area contributed by atoms with E-state index in [1.165, 1.54) is 18.8 Å². The Hall–Kier alpha value is -4.53. The molecule has 0 bridgehead atoms. The Morgan fingerprint density at radius 3 is 2.47 bits per heavy atom. The number of carbonyl (C=O) groups is 2. The van der Waals surface area contributed by atoms with Gasteiger partial charge in [-0.2, -0.15) is 0 Å². The molecule has 0 amide bonds. The first kappa shape index (κ1) is 23.2. The Labute approximate surface area is 205 Å². The molecule has 5 rings (SSSR count). The number of aldehydes is 1. The first-order chi connectivity index (χ1) is 17.5. The SMILES string of the molecule is COC(=O)c1cc(C2CC2)nc2c1c(=O)n(Cc1cc(C=O)ccc1OC)c(=O)n2-c1ccccc1. The monoisotopic (exact) mass is 485 g/mol. The summed E-state index contributed by atoms with van der Waals surface area (Å²) >= 11 is 0. The molecule has 0 atom stereocenters. The molecule has 0 saturated heterocycles. The summed E-state index contributed by atoms with van der Waals surface area (Å²) in [5.41, 5.74) is 0.809. The highest BCUT2D eigenvalue weighted by Crippen LogP contribution is 2.40. The molecule has 36 heavy (non-hydrogen) atoms. The third-order valence-corrected chi connectivity index (χ3v) is 6.30. The van der Waals surface area contributed by atoms with Gasteiger partial charge in [-0.05, 0) is 49.2 Å². The number of aromatic nitrogens is 3. The lowest BCUT2D eigenvalue weighted by Crippen LogP contribution is -2.41. The molecule has 0 radical (unpaired) electrons. The summed E-state index contributed by atoms with van der Waals surface area (Å²) in [6, 6.07) is 15.1. The van der Waals surface area contributed by atoms with Crippen molar-refractivity contribution in [3.8, 4) is 11.4 Å². The minimum absolute atomic E-state index is 0.0137. The number of hydrogen-bond donors (Lipinski definition) is 0. The van der Waals surface area contributed by atoms with E-state index in [-0.39, 0.29) is 29.1 Å². The fourth-order valence-corrected chi connectivity index (χ4v) is 4.33. The number of hydrogen-bond acceptors (Lipinski definition) is 7. The fraction of sp³-hybridized carbons (Fsp3) is 0.222. The molecule has 182 valence electrons. The number of ether oxygens (including phenoxy) is 2. The molecule has 1 aliphatic carbocycles. The van der Waals surface area contributed by atoms with Gasteiger partial charge in [0.2, 0.25) is 0 Å². The summed E-state index contributed by atoms with van der Waals surface area (Å²) in [5.74, 6) is -0.115. The van der Waals surface area contributed by atoms with Crippen LogP contribution in [0.15, 0.2) is 64.2 Å². The van der Waals surface area contributed by atoms with Crippen LogP contribution in [0.5, 0.6) is 5.75 Å². The van der Waals surface area contributed by atoms with Crippen molar-refractivity contribution in [1.82, 2.24) is 14.1 Å². The summed E-state index contributed by atoms with van der Waals surface area (Å²) in [4.78, 5) is 56.6. The second-order valence-electron chi connectivity index (χ2n) is 8.59. The maximum atomic E-state index is 13.9. The van der Waals surface area contributed by atoms with Crippen LogP contribution in [-0.4, -0.2) is 40.6 Å². The molecule has 1 fully saturated rings. The fourth-order valence-electron chi connectivity index (χ4n) is 4.33. The van der Waals surface area contributed by atoms with Crippen molar-refractivity contribution < 1.29 is 19.1 Å². The molecule has 9 heteroatoms. The van der Waals surface area contributed by atoms with Gasteiger partial charge in [-0.25, -0.2) is 19.1 Å². The molecular formula is C27H23N3O6. The smallest absolute Gasteiger partial charge is 0.338 e. The Morgan fingerprint density at radius 2 is 1.83 bits per heavy atom.